The predicted molar refractivity (Wildman–Crippen MR) is 61.3 cm³/mol. The Balaban J connectivity index is 2.64. The maximum Gasteiger partial charge on any atom is 0.401 e. The Morgan fingerprint density at radius 2 is 1.94 bits per heavy atom. The molecule has 1 aliphatic heterocycles. The van der Waals surface area contributed by atoms with Crippen LogP contribution in [0.4, 0.5) is 13.2 Å². The lowest BCUT2D eigenvalue weighted by Crippen LogP contribution is -2.46. The average molecular weight is 267 g/mol. The molecule has 18 heavy (non-hydrogen) atoms. The van der Waals surface area contributed by atoms with E-state index in [4.69, 9.17) is 4.74 Å². The quantitative estimate of drug-likeness (QED) is 0.691. The number of carbonyl (C=O) groups is 1. The van der Waals surface area contributed by atoms with Gasteiger partial charge in [-0.25, -0.2) is 0 Å². The number of halogens is 3. The highest BCUT2D eigenvalue weighted by atomic mass is 19.4. The van der Waals surface area contributed by atoms with E-state index < -0.39 is 18.1 Å². The van der Waals surface area contributed by atoms with Crippen molar-refractivity contribution in [1.82, 2.24) is 4.90 Å². The van der Waals surface area contributed by atoms with E-state index in [1.807, 2.05) is 6.92 Å². The van der Waals surface area contributed by atoms with Crippen LogP contribution in [0.25, 0.3) is 0 Å². The Morgan fingerprint density at radius 3 is 2.39 bits per heavy atom. The molecule has 6 heteroatoms. The number of aldehydes is 1. The average Bonchev–Trinajstić information content (AvgIpc) is 2.28. The Kier molecular flexibility index (Phi) is 5.59. The summed E-state index contributed by atoms with van der Waals surface area (Å²) in [7, 11) is 0. The third kappa shape index (κ3) is 4.94. The number of carbonyl (C=O) groups excluding carboxylic acids is 1. The van der Waals surface area contributed by atoms with Gasteiger partial charge in [0.05, 0.1) is 6.54 Å². The first kappa shape index (κ1) is 15.4. The van der Waals surface area contributed by atoms with Crippen molar-refractivity contribution in [2.45, 2.75) is 32.4 Å². The minimum Gasteiger partial charge on any atom is -0.381 e. The van der Waals surface area contributed by atoms with Crippen LogP contribution in [0.2, 0.25) is 0 Å². The lowest BCUT2D eigenvalue weighted by atomic mass is 9.81. The molecule has 1 rings (SSSR count). The molecule has 0 aromatic heterocycles. The van der Waals surface area contributed by atoms with Crippen molar-refractivity contribution >= 4 is 6.29 Å². The number of rotatable bonds is 6. The van der Waals surface area contributed by atoms with Crippen molar-refractivity contribution in [1.29, 1.82) is 0 Å². The Labute approximate surface area is 105 Å². The van der Waals surface area contributed by atoms with Gasteiger partial charge in [0.15, 0.2) is 0 Å². The van der Waals surface area contributed by atoms with Gasteiger partial charge in [0.2, 0.25) is 0 Å². The van der Waals surface area contributed by atoms with Crippen molar-refractivity contribution in [2.24, 2.45) is 5.41 Å². The summed E-state index contributed by atoms with van der Waals surface area (Å²) in [6.45, 7) is 2.32. The van der Waals surface area contributed by atoms with Crippen LogP contribution in [0.5, 0.6) is 0 Å². The second kappa shape index (κ2) is 6.52. The third-order valence-corrected chi connectivity index (χ3v) is 3.22. The van der Waals surface area contributed by atoms with E-state index in [0.29, 0.717) is 39.0 Å². The van der Waals surface area contributed by atoms with Crippen LogP contribution in [0, 0.1) is 5.41 Å². The fraction of sp³-hybridized carbons (Fsp3) is 0.917. The van der Waals surface area contributed by atoms with Gasteiger partial charge in [-0.2, -0.15) is 13.2 Å². The molecule has 1 aliphatic rings. The fourth-order valence-electron chi connectivity index (χ4n) is 2.32. The van der Waals surface area contributed by atoms with Crippen LogP contribution in [0.1, 0.15) is 26.2 Å². The molecule has 106 valence electrons. The van der Waals surface area contributed by atoms with Crippen molar-refractivity contribution < 1.29 is 22.7 Å². The Bertz CT molecular complexity index is 263. The van der Waals surface area contributed by atoms with Crippen LogP contribution < -0.4 is 0 Å². The summed E-state index contributed by atoms with van der Waals surface area (Å²) in [5.41, 5.74) is -0.668. The maximum atomic E-state index is 12.5. The number of hydrogen-bond acceptors (Lipinski definition) is 3. The van der Waals surface area contributed by atoms with E-state index in [0.717, 1.165) is 6.29 Å². The zero-order valence-electron chi connectivity index (χ0n) is 10.6. The Hall–Kier alpha value is -0.620. The minimum atomic E-state index is -4.22. The van der Waals surface area contributed by atoms with Crippen molar-refractivity contribution in [3.63, 3.8) is 0 Å². The molecule has 1 fully saturated rings. The fourth-order valence-corrected chi connectivity index (χ4v) is 2.32. The molecule has 3 nitrogen and oxygen atoms in total. The van der Waals surface area contributed by atoms with E-state index in [1.165, 1.54) is 4.90 Å². The minimum absolute atomic E-state index is 0.174. The summed E-state index contributed by atoms with van der Waals surface area (Å²) in [5.74, 6) is 0. The molecule has 0 unspecified atom stereocenters. The molecule has 1 saturated heterocycles. The molecule has 0 aromatic rings. The topological polar surface area (TPSA) is 29.5 Å². The van der Waals surface area contributed by atoms with Gasteiger partial charge in [-0.3, -0.25) is 4.90 Å². The number of ether oxygens (including phenoxy) is 1. The monoisotopic (exact) mass is 267 g/mol. The van der Waals surface area contributed by atoms with E-state index in [9.17, 15) is 18.0 Å². The number of alkyl halides is 3. The van der Waals surface area contributed by atoms with Gasteiger partial charge in [0.25, 0.3) is 0 Å². The van der Waals surface area contributed by atoms with Crippen LogP contribution in [0.3, 0.4) is 0 Å². The number of nitrogens with zero attached hydrogens (tertiary/aromatic N) is 1. The molecule has 0 bridgehead atoms. The van der Waals surface area contributed by atoms with Crippen molar-refractivity contribution in [2.75, 3.05) is 32.8 Å². The van der Waals surface area contributed by atoms with E-state index in [-0.39, 0.29) is 6.54 Å². The normalized spacial score (nSPS) is 20.1. The molecular weight excluding hydrogens is 247 g/mol. The molecule has 0 atom stereocenters. The standard InChI is InChI=1S/C12H20F3NO2/c1-2-5-16(9-12(13,14)15)8-11(10-17)3-6-18-7-4-11/h10H,2-9H2,1H3. The first-order chi connectivity index (χ1) is 8.41. The van der Waals surface area contributed by atoms with Gasteiger partial charge in [-0.05, 0) is 25.8 Å². The summed E-state index contributed by atoms with van der Waals surface area (Å²) >= 11 is 0. The zero-order valence-corrected chi connectivity index (χ0v) is 10.6. The second-order valence-electron chi connectivity index (χ2n) is 4.92. The largest absolute Gasteiger partial charge is 0.401 e. The zero-order chi connectivity index (χ0) is 13.6. The van der Waals surface area contributed by atoms with Crippen LogP contribution >= 0.6 is 0 Å². The lowest BCUT2D eigenvalue weighted by molar-refractivity contribution is -0.153. The maximum absolute atomic E-state index is 12.5. The van der Waals surface area contributed by atoms with E-state index in [1.54, 1.807) is 0 Å². The van der Waals surface area contributed by atoms with Crippen LogP contribution in [-0.4, -0.2) is 50.2 Å². The number of hydrogen-bond donors (Lipinski definition) is 0. The van der Waals surface area contributed by atoms with Gasteiger partial charge in [0.1, 0.15) is 6.29 Å². The van der Waals surface area contributed by atoms with Gasteiger partial charge >= 0.3 is 6.18 Å². The van der Waals surface area contributed by atoms with Crippen molar-refractivity contribution in [3.8, 4) is 0 Å². The van der Waals surface area contributed by atoms with Crippen molar-refractivity contribution in [3.05, 3.63) is 0 Å². The second-order valence-corrected chi connectivity index (χ2v) is 4.92. The van der Waals surface area contributed by atoms with E-state index in [2.05, 4.69) is 0 Å². The van der Waals surface area contributed by atoms with Gasteiger partial charge in [-0.15, -0.1) is 0 Å². The molecule has 0 aromatic carbocycles. The van der Waals surface area contributed by atoms with Gasteiger partial charge in [0, 0.05) is 25.2 Å². The summed E-state index contributed by atoms with van der Waals surface area (Å²) in [4.78, 5) is 12.6. The first-order valence-electron chi connectivity index (χ1n) is 6.24. The molecule has 0 radical (unpaired) electrons. The summed E-state index contributed by atoms with van der Waals surface area (Å²) < 4.78 is 42.5. The molecular formula is C12H20F3NO2. The molecule has 0 N–H and O–H groups in total. The first-order valence-corrected chi connectivity index (χ1v) is 6.24. The highest BCUT2D eigenvalue weighted by Crippen LogP contribution is 2.30. The summed E-state index contributed by atoms with van der Waals surface area (Å²) in [5, 5.41) is 0. The van der Waals surface area contributed by atoms with Gasteiger partial charge in [-0.1, -0.05) is 6.92 Å². The molecule has 0 saturated carbocycles. The highest BCUT2D eigenvalue weighted by molar-refractivity contribution is 5.60. The summed E-state index contributed by atoms with van der Waals surface area (Å²) in [6, 6.07) is 0. The van der Waals surface area contributed by atoms with Crippen LogP contribution in [0.15, 0.2) is 0 Å². The third-order valence-electron chi connectivity index (χ3n) is 3.22. The highest BCUT2D eigenvalue weighted by Gasteiger charge is 2.37. The predicted octanol–water partition coefficient (Wildman–Crippen LogP) is 2.26. The van der Waals surface area contributed by atoms with Crippen LogP contribution in [-0.2, 0) is 9.53 Å². The molecule has 0 amide bonds. The lowest BCUT2D eigenvalue weighted by Gasteiger charge is -2.37. The Morgan fingerprint density at radius 1 is 1.33 bits per heavy atom. The molecule has 0 spiro atoms. The van der Waals surface area contributed by atoms with Gasteiger partial charge < -0.3 is 9.53 Å². The molecule has 0 aliphatic carbocycles. The summed E-state index contributed by atoms with van der Waals surface area (Å²) in [6.07, 6.45) is -1.75. The smallest absolute Gasteiger partial charge is 0.381 e. The van der Waals surface area contributed by atoms with E-state index >= 15 is 0 Å². The molecule has 1 heterocycles. The SMILES string of the molecule is CCCN(CC(F)(F)F)CC1(C=O)CCOCC1.